The van der Waals surface area contributed by atoms with Crippen LogP contribution < -0.4 is 10.2 Å². The van der Waals surface area contributed by atoms with E-state index in [0.717, 1.165) is 17.9 Å². The Morgan fingerprint density at radius 3 is 2.89 bits per heavy atom. The number of halogens is 1. The first-order chi connectivity index (χ1) is 9.11. The summed E-state index contributed by atoms with van der Waals surface area (Å²) in [6.45, 7) is 3.58. The second-order valence-electron chi connectivity index (χ2n) is 5.22. The molecular weight excluding hydrogens is 262 g/mol. The highest BCUT2D eigenvalue weighted by atomic mass is 35.5. The van der Waals surface area contributed by atoms with Crippen LogP contribution in [0, 0.1) is 0 Å². The number of likely N-dealkylation sites (N-methyl/N-ethyl adjacent to an activating group) is 1. The van der Waals surface area contributed by atoms with Crippen molar-refractivity contribution >= 4 is 17.4 Å². The molecule has 0 aromatic carbocycles. The number of aromatic nitrogens is 1. The molecule has 1 unspecified atom stereocenters. The van der Waals surface area contributed by atoms with Gasteiger partial charge in [-0.05, 0) is 31.4 Å². The summed E-state index contributed by atoms with van der Waals surface area (Å²) < 4.78 is 5.16. The van der Waals surface area contributed by atoms with Crippen LogP contribution in [0.1, 0.15) is 25.3 Å². The standard InChI is InChI=1S/C14H22ClN3O/c1-10(9-19-3)18(2)14-13(15)6-11(8-17-14)7-16-12-4-5-12/h6,8,10,12,16H,4-5,7,9H2,1-3H3. The zero-order valence-corrected chi connectivity index (χ0v) is 12.6. The van der Waals surface area contributed by atoms with Crippen LogP contribution in [0.2, 0.25) is 5.02 Å². The molecule has 0 radical (unpaired) electrons. The summed E-state index contributed by atoms with van der Waals surface area (Å²) in [5, 5.41) is 4.15. The van der Waals surface area contributed by atoms with E-state index in [-0.39, 0.29) is 6.04 Å². The van der Waals surface area contributed by atoms with E-state index in [2.05, 4.69) is 17.2 Å². The first kappa shape index (κ1) is 14.6. The van der Waals surface area contributed by atoms with Gasteiger partial charge in [0.1, 0.15) is 5.82 Å². The molecule has 1 fully saturated rings. The molecule has 1 aromatic heterocycles. The normalized spacial score (nSPS) is 16.4. The van der Waals surface area contributed by atoms with E-state index in [4.69, 9.17) is 16.3 Å². The van der Waals surface area contributed by atoms with E-state index in [1.807, 2.05) is 24.2 Å². The second kappa shape index (κ2) is 6.55. The molecule has 1 heterocycles. The zero-order chi connectivity index (χ0) is 13.8. The van der Waals surface area contributed by atoms with Gasteiger partial charge in [0.05, 0.1) is 17.7 Å². The summed E-state index contributed by atoms with van der Waals surface area (Å²) in [5.74, 6) is 0.807. The fourth-order valence-electron chi connectivity index (χ4n) is 1.94. The summed E-state index contributed by atoms with van der Waals surface area (Å²) in [5.41, 5.74) is 1.13. The number of hydrogen-bond acceptors (Lipinski definition) is 4. The lowest BCUT2D eigenvalue weighted by Gasteiger charge is -2.26. The molecule has 0 spiro atoms. The van der Waals surface area contributed by atoms with Crippen molar-refractivity contribution in [2.45, 2.75) is 38.4 Å². The minimum atomic E-state index is 0.241. The van der Waals surface area contributed by atoms with Gasteiger partial charge < -0.3 is 15.0 Å². The maximum Gasteiger partial charge on any atom is 0.147 e. The molecule has 5 heteroatoms. The number of pyridine rings is 1. The summed E-state index contributed by atoms with van der Waals surface area (Å²) in [6, 6.07) is 2.93. The highest BCUT2D eigenvalue weighted by Crippen LogP contribution is 2.25. The SMILES string of the molecule is COCC(C)N(C)c1ncc(CNC2CC2)cc1Cl. The van der Waals surface area contributed by atoms with Crippen LogP contribution in [0.5, 0.6) is 0 Å². The number of anilines is 1. The van der Waals surface area contributed by atoms with Gasteiger partial charge >= 0.3 is 0 Å². The Labute approximate surface area is 120 Å². The predicted molar refractivity (Wildman–Crippen MR) is 78.8 cm³/mol. The van der Waals surface area contributed by atoms with Crippen molar-refractivity contribution in [2.75, 3.05) is 25.7 Å². The van der Waals surface area contributed by atoms with Gasteiger partial charge in [0.25, 0.3) is 0 Å². The number of nitrogens with one attached hydrogen (secondary N) is 1. The van der Waals surface area contributed by atoms with E-state index in [9.17, 15) is 0 Å². The molecule has 1 aliphatic carbocycles. The number of ether oxygens (including phenoxy) is 1. The molecular formula is C14H22ClN3O. The molecule has 19 heavy (non-hydrogen) atoms. The Balaban J connectivity index is 2.00. The third-order valence-electron chi connectivity index (χ3n) is 3.45. The first-order valence-electron chi connectivity index (χ1n) is 6.71. The van der Waals surface area contributed by atoms with Crippen molar-refractivity contribution in [3.05, 3.63) is 22.8 Å². The Kier molecular flexibility index (Phi) is 5.02. The molecule has 2 rings (SSSR count). The average molecular weight is 284 g/mol. The average Bonchev–Trinajstić information content (AvgIpc) is 3.20. The zero-order valence-electron chi connectivity index (χ0n) is 11.8. The largest absolute Gasteiger partial charge is 0.383 e. The van der Waals surface area contributed by atoms with Crippen molar-refractivity contribution in [3.8, 4) is 0 Å². The molecule has 1 N–H and O–H groups in total. The number of rotatable bonds is 7. The monoisotopic (exact) mass is 283 g/mol. The number of methoxy groups -OCH3 is 1. The minimum Gasteiger partial charge on any atom is -0.383 e. The van der Waals surface area contributed by atoms with Crippen LogP contribution >= 0.6 is 11.6 Å². The highest BCUT2D eigenvalue weighted by molar-refractivity contribution is 6.33. The number of hydrogen-bond donors (Lipinski definition) is 1. The van der Waals surface area contributed by atoms with E-state index in [1.54, 1.807) is 7.11 Å². The van der Waals surface area contributed by atoms with Crippen molar-refractivity contribution < 1.29 is 4.74 Å². The quantitative estimate of drug-likeness (QED) is 0.834. The van der Waals surface area contributed by atoms with E-state index in [0.29, 0.717) is 17.7 Å². The lowest BCUT2D eigenvalue weighted by atomic mass is 10.2. The van der Waals surface area contributed by atoms with Crippen LogP contribution in [0.4, 0.5) is 5.82 Å². The maximum atomic E-state index is 6.33. The van der Waals surface area contributed by atoms with Crippen LogP contribution in [-0.2, 0) is 11.3 Å². The van der Waals surface area contributed by atoms with Gasteiger partial charge in [-0.1, -0.05) is 11.6 Å². The molecule has 1 aliphatic rings. The van der Waals surface area contributed by atoms with Crippen LogP contribution in [0.15, 0.2) is 12.3 Å². The summed E-state index contributed by atoms with van der Waals surface area (Å²) in [7, 11) is 3.69. The molecule has 1 aromatic rings. The van der Waals surface area contributed by atoms with Crippen molar-refractivity contribution in [1.82, 2.24) is 10.3 Å². The summed E-state index contributed by atoms with van der Waals surface area (Å²) in [4.78, 5) is 6.52. The fourth-order valence-corrected chi connectivity index (χ4v) is 2.26. The first-order valence-corrected chi connectivity index (χ1v) is 7.09. The molecule has 0 saturated heterocycles. The number of nitrogens with zero attached hydrogens (tertiary/aromatic N) is 2. The van der Waals surface area contributed by atoms with Crippen LogP contribution in [0.3, 0.4) is 0 Å². The fraction of sp³-hybridized carbons (Fsp3) is 0.643. The smallest absolute Gasteiger partial charge is 0.147 e. The summed E-state index contributed by atoms with van der Waals surface area (Å²) >= 11 is 6.33. The minimum absolute atomic E-state index is 0.241. The third-order valence-corrected chi connectivity index (χ3v) is 3.73. The molecule has 4 nitrogen and oxygen atoms in total. The van der Waals surface area contributed by atoms with Gasteiger partial charge in [-0.3, -0.25) is 0 Å². The lowest BCUT2D eigenvalue weighted by molar-refractivity contribution is 0.183. The molecule has 0 amide bonds. The van der Waals surface area contributed by atoms with Gasteiger partial charge in [0, 0.05) is 32.9 Å². The lowest BCUT2D eigenvalue weighted by Crippen LogP contribution is -2.33. The molecule has 1 atom stereocenters. The maximum absolute atomic E-state index is 6.33. The van der Waals surface area contributed by atoms with Crippen LogP contribution in [-0.4, -0.2) is 37.8 Å². The second-order valence-corrected chi connectivity index (χ2v) is 5.63. The van der Waals surface area contributed by atoms with E-state index >= 15 is 0 Å². The Bertz CT molecular complexity index is 423. The Morgan fingerprint density at radius 1 is 1.58 bits per heavy atom. The third kappa shape index (κ3) is 4.06. The molecule has 0 bridgehead atoms. The van der Waals surface area contributed by atoms with E-state index < -0.39 is 0 Å². The van der Waals surface area contributed by atoms with Gasteiger partial charge in [-0.15, -0.1) is 0 Å². The molecule has 106 valence electrons. The Hall–Kier alpha value is -0.840. The van der Waals surface area contributed by atoms with Crippen molar-refractivity contribution in [3.63, 3.8) is 0 Å². The summed E-state index contributed by atoms with van der Waals surface area (Å²) in [6.07, 6.45) is 4.47. The topological polar surface area (TPSA) is 37.4 Å². The molecule has 0 aliphatic heterocycles. The Morgan fingerprint density at radius 2 is 2.32 bits per heavy atom. The highest BCUT2D eigenvalue weighted by Gasteiger charge is 2.20. The van der Waals surface area contributed by atoms with Gasteiger partial charge in [-0.25, -0.2) is 4.98 Å². The van der Waals surface area contributed by atoms with E-state index in [1.165, 1.54) is 12.8 Å². The van der Waals surface area contributed by atoms with Crippen LogP contribution in [0.25, 0.3) is 0 Å². The molecule has 1 saturated carbocycles. The predicted octanol–water partition coefficient (Wildman–Crippen LogP) is 2.46. The van der Waals surface area contributed by atoms with Crippen molar-refractivity contribution in [1.29, 1.82) is 0 Å². The van der Waals surface area contributed by atoms with Crippen molar-refractivity contribution in [2.24, 2.45) is 0 Å². The van der Waals surface area contributed by atoms with Gasteiger partial charge in [0.15, 0.2) is 0 Å². The van der Waals surface area contributed by atoms with Gasteiger partial charge in [0.2, 0.25) is 0 Å². The van der Waals surface area contributed by atoms with Gasteiger partial charge in [-0.2, -0.15) is 0 Å².